The molecule has 2 aromatic carbocycles. The number of nitrogens with one attached hydrogen (secondary N) is 1. The van der Waals surface area contributed by atoms with Crippen molar-refractivity contribution in [3.63, 3.8) is 0 Å². The number of aromatic amines is 1. The maximum absolute atomic E-state index is 12.3. The van der Waals surface area contributed by atoms with Gasteiger partial charge >= 0.3 is 0 Å². The number of pyridine rings is 1. The highest BCUT2D eigenvalue weighted by Crippen LogP contribution is 2.18. The van der Waals surface area contributed by atoms with Crippen molar-refractivity contribution in [1.82, 2.24) is 4.98 Å². The van der Waals surface area contributed by atoms with Crippen LogP contribution in [0.2, 0.25) is 0 Å². The van der Waals surface area contributed by atoms with Gasteiger partial charge < -0.3 is 4.98 Å². The first-order valence-corrected chi connectivity index (χ1v) is 6.93. The zero-order chi connectivity index (χ0) is 13.6. The molecule has 0 aliphatic rings. The number of hydrogen-bond donors (Lipinski definition) is 2. The van der Waals surface area contributed by atoms with Gasteiger partial charge in [0.15, 0.2) is 5.43 Å². The lowest BCUT2D eigenvalue weighted by Crippen LogP contribution is -2.06. The SMILES string of the molecule is O=c1c2ccccc2[nH]c2ccc(S(=O)(=O)O)cc12. The van der Waals surface area contributed by atoms with Crippen LogP contribution in [0.15, 0.2) is 52.2 Å². The highest BCUT2D eigenvalue weighted by molar-refractivity contribution is 7.85. The third-order valence-corrected chi connectivity index (χ3v) is 3.82. The normalized spacial score (nSPS) is 12.1. The molecule has 0 atom stereocenters. The minimum Gasteiger partial charge on any atom is -0.354 e. The fourth-order valence-electron chi connectivity index (χ4n) is 2.06. The van der Waals surface area contributed by atoms with Crippen LogP contribution in [0.4, 0.5) is 0 Å². The van der Waals surface area contributed by atoms with Crippen LogP contribution in [0.3, 0.4) is 0 Å². The Morgan fingerprint density at radius 2 is 1.63 bits per heavy atom. The van der Waals surface area contributed by atoms with Crippen LogP contribution in [0.1, 0.15) is 0 Å². The topological polar surface area (TPSA) is 87.2 Å². The number of rotatable bonds is 1. The van der Waals surface area contributed by atoms with E-state index in [1.54, 1.807) is 24.3 Å². The Hall–Kier alpha value is -2.18. The maximum Gasteiger partial charge on any atom is 0.294 e. The molecule has 6 heteroatoms. The summed E-state index contributed by atoms with van der Waals surface area (Å²) in [4.78, 5) is 15.0. The molecule has 2 N–H and O–H groups in total. The Labute approximate surface area is 108 Å². The summed E-state index contributed by atoms with van der Waals surface area (Å²) in [6, 6.07) is 10.9. The van der Waals surface area contributed by atoms with Gasteiger partial charge in [-0.25, -0.2) is 0 Å². The average molecular weight is 275 g/mol. The van der Waals surface area contributed by atoms with Gasteiger partial charge in [-0.15, -0.1) is 0 Å². The minimum absolute atomic E-state index is 0.230. The van der Waals surface area contributed by atoms with E-state index < -0.39 is 10.1 Å². The lowest BCUT2D eigenvalue weighted by molar-refractivity contribution is 0.483. The molecule has 1 aromatic heterocycles. The van der Waals surface area contributed by atoms with Crippen molar-refractivity contribution >= 4 is 31.9 Å². The zero-order valence-corrected chi connectivity index (χ0v) is 10.4. The first-order valence-electron chi connectivity index (χ1n) is 5.49. The standard InChI is InChI=1S/C13H9NO4S/c15-13-9-3-1-2-4-11(9)14-12-6-5-8(7-10(12)13)19(16,17)18/h1-7H,(H,14,15)(H,16,17,18). The van der Waals surface area contributed by atoms with Gasteiger partial charge in [-0.2, -0.15) is 8.42 Å². The monoisotopic (exact) mass is 275 g/mol. The summed E-state index contributed by atoms with van der Waals surface area (Å²) < 4.78 is 31.2. The molecule has 96 valence electrons. The summed E-state index contributed by atoms with van der Waals surface area (Å²) in [5.41, 5.74) is 0.936. The molecule has 0 fully saturated rings. The Balaban J connectivity index is 2.50. The molecular formula is C13H9NO4S. The van der Waals surface area contributed by atoms with Crippen molar-refractivity contribution in [2.45, 2.75) is 4.90 Å². The fourth-order valence-corrected chi connectivity index (χ4v) is 2.57. The second-order valence-electron chi connectivity index (χ2n) is 4.18. The van der Waals surface area contributed by atoms with Gasteiger partial charge in [0, 0.05) is 21.8 Å². The van der Waals surface area contributed by atoms with Crippen LogP contribution < -0.4 is 5.43 Å². The van der Waals surface area contributed by atoms with Crippen LogP contribution in [-0.4, -0.2) is 18.0 Å². The van der Waals surface area contributed by atoms with E-state index in [2.05, 4.69) is 4.98 Å². The lowest BCUT2D eigenvalue weighted by Gasteiger charge is -2.03. The first kappa shape index (κ1) is 11.9. The van der Waals surface area contributed by atoms with Crippen molar-refractivity contribution in [2.24, 2.45) is 0 Å². The van der Waals surface area contributed by atoms with E-state index in [0.29, 0.717) is 16.4 Å². The molecule has 0 radical (unpaired) electrons. The quantitative estimate of drug-likeness (QED) is 0.524. The van der Waals surface area contributed by atoms with Crippen molar-refractivity contribution in [3.8, 4) is 0 Å². The van der Waals surface area contributed by atoms with Gasteiger partial charge in [-0.05, 0) is 30.3 Å². The molecular weight excluding hydrogens is 266 g/mol. The molecule has 3 aromatic rings. The Morgan fingerprint density at radius 1 is 0.947 bits per heavy atom. The number of fused-ring (bicyclic) bond motifs is 2. The Bertz CT molecular complexity index is 957. The van der Waals surface area contributed by atoms with E-state index in [1.807, 2.05) is 0 Å². The third-order valence-electron chi connectivity index (χ3n) is 2.97. The van der Waals surface area contributed by atoms with E-state index in [4.69, 9.17) is 4.55 Å². The number of para-hydroxylation sites is 1. The van der Waals surface area contributed by atoms with Gasteiger partial charge in [-0.1, -0.05) is 12.1 Å². The molecule has 0 unspecified atom stereocenters. The molecule has 0 amide bonds. The number of hydrogen-bond acceptors (Lipinski definition) is 3. The summed E-state index contributed by atoms with van der Waals surface area (Å²) >= 11 is 0. The molecule has 0 saturated carbocycles. The van der Waals surface area contributed by atoms with E-state index >= 15 is 0 Å². The average Bonchev–Trinajstić information content (AvgIpc) is 2.37. The number of aromatic nitrogens is 1. The predicted octanol–water partition coefficient (Wildman–Crippen LogP) is 1.93. The number of H-pyrrole nitrogens is 1. The molecule has 0 saturated heterocycles. The summed E-state index contributed by atoms with van der Waals surface area (Å²) in [6.45, 7) is 0. The highest BCUT2D eigenvalue weighted by Gasteiger charge is 2.12. The van der Waals surface area contributed by atoms with Crippen molar-refractivity contribution < 1.29 is 13.0 Å². The fraction of sp³-hybridized carbons (Fsp3) is 0. The van der Waals surface area contributed by atoms with E-state index in [0.717, 1.165) is 0 Å². The maximum atomic E-state index is 12.3. The van der Waals surface area contributed by atoms with Gasteiger partial charge in [-0.3, -0.25) is 9.35 Å². The van der Waals surface area contributed by atoms with E-state index in [9.17, 15) is 13.2 Å². The lowest BCUT2D eigenvalue weighted by atomic mass is 10.1. The number of benzene rings is 2. The van der Waals surface area contributed by atoms with Crippen LogP contribution in [-0.2, 0) is 10.1 Å². The summed E-state index contributed by atoms with van der Waals surface area (Å²) in [5, 5.41) is 0.705. The van der Waals surface area contributed by atoms with Gasteiger partial charge in [0.25, 0.3) is 10.1 Å². The predicted molar refractivity (Wildman–Crippen MR) is 71.9 cm³/mol. The van der Waals surface area contributed by atoms with Crippen LogP contribution >= 0.6 is 0 Å². The minimum atomic E-state index is -4.32. The van der Waals surface area contributed by atoms with E-state index in [-0.39, 0.29) is 15.7 Å². The zero-order valence-electron chi connectivity index (χ0n) is 9.62. The van der Waals surface area contributed by atoms with Crippen LogP contribution in [0.5, 0.6) is 0 Å². The van der Waals surface area contributed by atoms with Crippen LogP contribution in [0.25, 0.3) is 21.8 Å². The summed E-state index contributed by atoms with van der Waals surface area (Å²) in [5.74, 6) is 0. The van der Waals surface area contributed by atoms with Crippen molar-refractivity contribution in [3.05, 3.63) is 52.7 Å². The van der Waals surface area contributed by atoms with Gasteiger partial charge in [0.1, 0.15) is 0 Å². The Morgan fingerprint density at radius 3 is 2.37 bits per heavy atom. The highest BCUT2D eigenvalue weighted by atomic mass is 32.2. The molecule has 5 nitrogen and oxygen atoms in total. The first-order chi connectivity index (χ1) is 8.97. The van der Waals surface area contributed by atoms with E-state index in [1.165, 1.54) is 18.2 Å². The second kappa shape index (κ2) is 3.91. The summed E-state index contributed by atoms with van der Waals surface area (Å²) in [7, 11) is -4.32. The van der Waals surface area contributed by atoms with Gasteiger partial charge in [0.2, 0.25) is 0 Å². The Kier molecular flexibility index (Phi) is 2.44. The second-order valence-corrected chi connectivity index (χ2v) is 5.60. The molecule has 0 aliphatic carbocycles. The van der Waals surface area contributed by atoms with Crippen molar-refractivity contribution in [1.29, 1.82) is 0 Å². The van der Waals surface area contributed by atoms with Crippen LogP contribution in [0, 0.1) is 0 Å². The smallest absolute Gasteiger partial charge is 0.294 e. The summed E-state index contributed by atoms with van der Waals surface area (Å²) in [6.07, 6.45) is 0. The van der Waals surface area contributed by atoms with Crippen molar-refractivity contribution in [2.75, 3.05) is 0 Å². The largest absolute Gasteiger partial charge is 0.354 e. The molecule has 0 bridgehead atoms. The molecule has 0 spiro atoms. The molecule has 19 heavy (non-hydrogen) atoms. The molecule has 3 rings (SSSR count). The van der Waals surface area contributed by atoms with Gasteiger partial charge in [0.05, 0.1) is 4.90 Å². The third kappa shape index (κ3) is 1.91. The molecule has 1 heterocycles. The molecule has 0 aliphatic heterocycles.